The van der Waals surface area contributed by atoms with Crippen molar-refractivity contribution in [2.24, 2.45) is 0 Å². The van der Waals surface area contributed by atoms with E-state index in [4.69, 9.17) is 0 Å². The van der Waals surface area contributed by atoms with Crippen LogP contribution in [0.5, 0.6) is 0 Å². The van der Waals surface area contributed by atoms with Crippen LogP contribution in [0.4, 0.5) is 0 Å². The molecule has 0 bridgehead atoms. The van der Waals surface area contributed by atoms with Gasteiger partial charge in [0.25, 0.3) is 5.56 Å². The third-order valence-electron chi connectivity index (χ3n) is 2.43. The summed E-state index contributed by atoms with van der Waals surface area (Å²) >= 11 is 0. The van der Waals surface area contributed by atoms with Crippen LogP contribution in [0.15, 0.2) is 33.9 Å². The minimum atomic E-state index is -1.30. The van der Waals surface area contributed by atoms with Gasteiger partial charge in [0.1, 0.15) is 0 Å². The SMILES string of the molecule is O=C([O-])CCn1c(=O)[nH]c2ccccc2c1=O. The molecule has 0 fully saturated rings. The van der Waals surface area contributed by atoms with E-state index in [0.29, 0.717) is 10.9 Å². The second-order valence-corrected chi connectivity index (χ2v) is 3.55. The number of fused-ring (bicyclic) bond motifs is 1. The molecule has 2 aromatic rings. The lowest BCUT2D eigenvalue weighted by Gasteiger charge is -2.06. The fourth-order valence-electron chi connectivity index (χ4n) is 1.61. The molecule has 0 atom stereocenters. The molecule has 6 nitrogen and oxygen atoms in total. The average molecular weight is 233 g/mol. The predicted octanol–water partition coefficient (Wildman–Crippen LogP) is -1.17. The van der Waals surface area contributed by atoms with Crippen LogP contribution >= 0.6 is 0 Å². The maximum absolute atomic E-state index is 11.9. The highest BCUT2D eigenvalue weighted by atomic mass is 16.4. The van der Waals surface area contributed by atoms with E-state index in [1.54, 1.807) is 24.3 Å². The summed E-state index contributed by atoms with van der Waals surface area (Å²) in [6.07, 6.45) is -0.374. The van der Waals surface area contributed by atoms with Gasteiger partial charge in [0.15, 0.2) is 0 Å². The summed E-state index contributed by atoms with van der Waals surface area (Å²) in [7, 11) is 0. The Morgan fingerprint density at radius 1 is 1.29 bits per heavy atom. The molecule has 0 amide bonds. The molecule has 0 saturated carbocycles. The highest BCUT2D eigenvalue weighted by molar-refractivity contribution is 5.76. The van der Waals surface area contributed by atoms with E-state index in [0.717, 1.165) is 4.57 Å². The average Bonchev–Trinajstić information content (AvgIpc) is 2.28. The molecule has 1 N–H and O–H groups in total. The van der Waals surface area contributed by atoms with Crippen LogP contribution in [-0.2, 0) is 11.3 Å². The number of hydrogen-bond acceptors (Lipinski definition) is 4. The van der Waals surface area contributed by atoms with Gasteiger partial charge in [0.05, 0.1) is 10.9 Å². The zero-order valence-electron chi connectivity index (χ0n) is 8.80. The Labute approximate surface area is 95.1 Å². The van der Waals surface area contributed by atoms with Crippen molar-refractivity contribution >= 4 is 16.9 Å². The molecule has 0 spiro atoms. The fourth-order valence-corrected chi connectivity index (χ4v) is 1.61. The van der Waals surface area contributed by atoms with Gasteiger partial charge in [-0.25, -0.2) is 4.79 Å². The molecule has 0 aliphatic carbocycles. The van der Waals surface area contributed by atoms with Crippen LogP contribution in [0.1, 0.15) is 6.42 Å². The molecule has 2 rings (SSSR count). The van der Waals surface area contributed by atoms with Crippen LogP contribution < -0.4 is 16.4 Å². The first-order valence-electron chi connectivity index (χ1n) is 5.01. The molecule has 0 aliphatic heterocycles. The van der Waals surface area contributed by atoms with E-state index in [1.165, 1.54) is 0 Å². The second kappa shape index (κ2) is 4.25. The number of aromatic nitrogens is 2. The minimum absolute atomic E-state index is 0.193. The Morgan fingerprint density at radius 3 is 2.71 bits per heavy atom. The maximum Gasteiger partial charge on any atom is 0.328 e. The minimum Gasteiger partial charge on any atom is -0.550 e. The number of nitrogens with one attached hydrogen (secondary N) is 1. The zero-order chi connectivity index (χ0) is 12.4. The Bertz CT molecular complexity index is 684. The topological polar surface area (TPSA) is 95.0 Å². The molecule has 0 aliphatic rings. The Balaban J connectivity index is 2.60. The van der Waals surface area contributed by atoms with Crippen molar-refractivity contribution in [3.63, 3.8) is 0 Å². The van der Waals surface area contributed by atoms with Gasteiger partial charge < -0.3 is 14.9 Å². The number of hydrogen-bond donors (Lipinski definition) is 1. The fraction of sp³-hybridized carbons (Fsp3) is 0.182. The van der Waals surface area contributed by atoms with E-state index < -0.39 is 17.2 Å². The van der Waals surface area contributed by atoms with Gasteiger partial charge in [-0.15, -0.1) is 0 Å². The maximum atomic E-state index is 11.9. The first-order chi connectivity index (χ1) is 8.09. The summed E-state index contributed by atoms with van der Waals surface area (Å²) in [5, 5.41) is 10.7. The van der Waals surface area contributed by atoms with Gasteiger partial charge in [-0.3, -0.25) is 9.36 Å². The van der Waals surface area contributed by atoms with Crippen LogP contribution in [0.3, 0.4) is 0 Å². The van der Waals surface area contributed by atoms with Crippen molar-refractivity contribution in [2.45, 2.75) is 13.0 Å². The van der Waals surface area contributed by atoms with Crippen LogP contribution in [0.25, 0.3) is 10.9 Å². The molecule has 1 aromatic carbocycles. The number of para-hydroxylation sites is 1. The number of carbonyl (C=O) groups excluding carboxylic acids is 1. The van der Waals surface area contributed by atoms with E-state index in [2.05, 4.69) is 4.98 Å². The van der Waals surface area contributed by atoms with Crippen molar-refractivity contribution in [1.29, 1.82) is 0 Å². The van der Waals surface area contributed by atoms with Crippen molar-refractivity contribution in [3.05, 3.63) is 45.1 Å². The monoisotopic (exact) mass is 233 g/mol. The van der Waals surface area contributed by atoms with E-state index >= 15 is 0 Å². The number of carbonyl (C=O) groups is 1. The summed E-state index contributed by atoms with van der Waals surface area (Å²) < 4.78 is 0.859. The first-order valence-corrected chi connectivity index (χ1v) is 5.01. The summed E-state index contributed by atoms with van der Waals surface area (Å²) in [6, 6.07) is 6.55. The van der Waals surface area contributed by atoms with Crippen molar-refractivity contribution in [2.75, 3.05) is 0 Å². The van der Waals surface area contributed by atoms with Crippen molar-refractivity contribution < 1.29 is 9.90 Å². The lowest BCUT2D eigenvalue weighted by atomic mass is 10.2. The highest BCUT2D eigenvalue weighted by Gasteiger charge is 2.06. The Hall–Kier alpha value is -2.37. The number of benzene rings is 1. The number of carboxylic acids is 1. The van der Waals surface area contributed by atoms with Crippen molar-refractivity contribution in [1.82, 2.24) is 9.55 Å². The van der Waals surface area contributed by atoms with E-state index in [1.807, 2.05) is 0 Å². The molecular weight excluding hydrogens is 224 g/mol. The molecular formula is C11H9N2O4-. The largest absolute Gasteiger partial charge is 0.550 e. The van der Waals surface area contributed by atoms with Gasteiger partial charge >= 0.3 is 5.69 Å². The smallest absolute Gasteiger partial charge is 0.328 e. The van der Waals surface area contributed by atoms with Crippen LogP contribution in [0, 0.1) is 0 Å². The number of rotatable bonds is 3. The molecule has 1 heterocycles. The quantitative estimate of drug-likeness (QED) is 0.722. The number of nitrogens with zero attached hydrogens (tertiary/aromatic N) is 1. The molecule has 17 heavy (non-hydrogen) atoms. The normalized spacial score (nSPS) is 10.6. The summed E-state index contributed by atoms with van der Waals surface area (Å²) in [5.41, 5.74) is -0.673. The predicted molar refractivity (Wildman–Crippen MR) is 58.5 cm³/mol. The van der Waals surface area contributed by atoms with Gasteiger partial charge in [0, 0.05) is 18.9 Å². The van der Waals surface area contributed by atoms with Gasteiger partial charge in [-0.2, -0.15) is 0 Å². The van der Waals surface area contributed by atoms with Gasteiger partial charge in [-0.05, 0) is 12.1 Å². The Morgan fingerprint density at radius 2 is 2.00 bits per heavy atom. The standard InChI is InChI=1S/C11H10N2O4/c14-9(15)5-6-13-10(16)7-3-1-2-4-8(7)12-11(13)17/h1-4H,5-6H2,(H,12,17)(H,14,15)/p-1. The third kappa shape index (κ3) is 2.10. The van der Waals surface area contributed by atoms with Crippen LogP contribution in [0.2, 0.25) is 0 Å². The van der Waals surface area contributed by atoms with Crippen LogP contribution in [-0.4, -0.2) is 15.5 Å². The number of H-pyrrole nitrogens is 1. The van der Waals surface area contributed by atoms with E-state index in [-0.39, 0.29) is 13.0 Å². The van der Waals surface area contributed by atoms with E-state index in [9.17, 15) is 19.5 Å². The number of aromatic amines is 1. The molecule has 0 unspecified atom stereocenters. The summed E-state index contributed by atoms with van der Waals surface area (Å²) in [4.78, 5) is 36.3. The van der Waals surface area contributed by atoms with Crippen molar-refractivity contribution in [3.8, 4) is 0 Å². The molecule has 0 radical (unpaired) electrons. The lowest BCUT2D eigenvalue weighted by Crippen LogP contribution is -2.37. The van der Waals surface area contributed by atoms with Gasteiger partial charge in [-0.1, -0.05) is 12.1 Å². The first kappa shape index (κ1) is 11.1. The molecule has 1 aromatic heterocycles. The summed E-state index contributed by atoms with van der Waals surface area (Å²) in [6.45, 7) is -0.193. The Kier molecular flexibility index (Phi) is 2.78. The zero-order valence-corrected chi connectivity index (χ0v) is 8.80. The second-order valence-electron chi connectivity index (χ2n) is 3.55. The van der Waals surface area contributed by atoms with Gasteiger partial charge in [0.2, 0.25) is 0 Å². The number of carboxylic acid groups (broad SMARTS) is 1. The highest BCUT2D eigenvalue weighted by Crippen LogP contribution is 2.02. The lowest BCUT2D eigenvalue weighted by molar-refractivity contribution is -0.305. The number of aliphatic carboxylic acids is 1. The third-order valence-corrected chi connectivity index (χ3v) is 2.43. The molecule has 0 saturated heterocycles. The molecule has 88 valence electrons. The molecule has 6 heteroatoms. The summed E-state index contributed by atoms with van der Waals surface area (Å²) in [5.74, 6) is -1.30.